The lowest BCUT2D eigenvalue weighted by atomic mass is 10.1. The maximum Gasteiger partial charge on any atom is 0.337 e. The predicted molar refractivity (Wildman–Crippen MR) is 75.6 cm³/mol. The molecule has 0 unspecified atom stereocenters. The number of rotatable bonds is 5. The number of hydrogen-bond acceptors (Lipinski definition) is 3. The first kappa shape index (κ1) is 15.3. The van der Waals surface area contributed by atoms with Gasteiger partial charge in [-0.3, -0.25) is 0 Å². The van der Waals surface area contributed by atoms with E-state index in [-0.39, 0.29) is 15.5 Å². The van der Waals surface area contributed by atoms with Gasteiger partial charge in [0.1, 0.15) is 0 Å². The number of hydrogen-bond donors (Lipinski definition) is 2. The summed E-state index contributed by atoms with van der Waals surface area (Å²) < 4.78 is 26.8. The van der Waals surface area contributed by atoms with Crippen molar-refractivity contribution >= 4 is 27.6 Å². The Balaban J connectivity index is 2.16. The lowest BCUT2D eigenvalue weighted by Crippen LogP contribution is -2.28. The van der Waals surface area contributed by atoms with Crippen molar-refractivity contribution in [2.75, 3.05) is 6.54 Å². The van der Waals surface area contributed by atoms with Crippen molar-refractivity contribution in [3.8, 4) is 0 Å². The number of carbonyl (C=O) groups is 1. The number of benzene rings is 1. The number of carboxylic acid groups (broad SMARTS) is 1. The Bertz CT molecular complexity index is 609. The Labute approximate surface area is 123 Å². The molecule has 1 saturated carbocycles. The summed E-state index contributed by atoms with van der Waals surface area (Å²) in [6.45, 7) is 0.396. The van der Waals surface area contributed by atoms with E-state index in [4.69, 9.17) is 16.7 Å². The van der Waals surface area contributed by atoms with Crippen LogP contribution in [0.15, 0.2) is 23.1 Å². The molecule has 7 heteroatoms. The summed E-state index contributed by atoms with van der Waals surface area (Å²) in [5, 5.41) is 8.98. The van der Waals surface area contributed by atoms with E-state index in [0.29, 0.717) is 12.5 Å². The first-order valence-corrected chi connectivity index (χ1v) is 8.29. The van der Waals surface area contributed by atoms with Crippen LogP contribution in [-0.2, 0) is 10.0 Å². The molecule has 1 aliphatic rings. The van der Waals surface area contributed by atoms with E-state index >= 15 is 0 Å². The zero-order valence-corrected chi connectivity index (χ0v) is 12.4. The largest absolute Gasteiger partial charge is 0.478 e. The van der Waals surface area contributed by atoms with E-state index in [0.717, 1.165) is 31.7 Å². The molecule has 1 aromatic rings. The minimum Gasteiger partial charge on any atom is -0.478 e. The Kier molecular flexibility index (Phi) is 4.67. The van der Waals surface area contributed by atoms with Gasteiger partial charge in [0, 0.05) is 6.54 Å². The molecule has 0 heterocycles. The van der Waals surface area contributed by atoms with Crippen molar-refractivity contribution in [1.29, 1.82) is 0 Å². The minimum atomic E-state index is -3.69. The molecule has 1 aromatic carbocycles. The topological polar surface area (TPSA) is 83.5 Å². The van der Waals surface area contributed by atoms with Gasteiger partial charge in [-0.1, -0.05) is 24.4 Å². The van der Waals surface area contributed by atoms with Gasteiger partial charge in [-0.25, -0.2) is 17.9 Å². The average Bonchev–Trinajstić information content (AvgIpc) is 2.89. The summed E-state index contributed by atoms with van der Waals surface area (Å²) in [5.41, 5.74) is -0.213. The predicted octanol–water partition coefficient (Wildman–Crippen LogP) is 2.51. The van der Waals surface area contributed by atoms with Crippen LogP contribution in [-0.4, -0.2) is 26.0 Å². The first-order chi connectivity index (χ1) is 9.40. The monoisotopic (exact) mass is 317 g/mol. The van der Waals surface area contributed by atoms with Crippen molar-refractivity contribution in [3.63, 3.8) is 0 Å². The molecule has 0 bridgehead atoms. The molecular formula is C13H16ClNO4S. The summed E-state index contributed by atoms with van der Waals surface area (Å²) in [6.07, 6.45) is 4.33. The molecule has 0 radical (unpaired) electrons. The molecule has 2 rings (SSSR count). The Morgan fingerprint density at radius 1 is 1.35 bits per heavy atom. The molecule has 0 amide bonds. The van der Waals surface area contributed by atoms with Gasteiger partial charge in [0.05, 0.1) is 15.5 Å². The Morgan fingerprint density at radius 3 is 2.60 bits per heavy atom. The normalized spacial score (nSPS) is 16.4. The molecule has 0 atom stereocenters. The van der Waals surface area contributed by atoms with Crippen LogP contribution in [0.2, 0.25) is 5.02 Å². The standard InChI is InChI=1S/C13H16ClNO4S/c14-12-6-5-10(7-11(12)13(16)17)20(18,19)15-8-9-3-1-2-4-9/h5-7,9,15H,1-4,8H2,(H,16,17). The first-order valence-electron chi connectivity index (χ1n) is 6.42. The molecular weight excluding hydrogens is 302 g/mol. The highest BCUT2D eigenvalue weighted by Crippen LogP contribution is 2.25. The molecule has 0 aliphatic heterocycles. The lowest BCUT2D eigenvalue weighted by Gasteiger charge is -2.12. The highest BCUT2D eigenvalue weighted by Gasteiger charge is 2.21. The summed E-state index contributed by atoms with van der Waals surface area (Å²) in [6, 6.07) is 3.68. The zero-order chi connectivity index (χ0) is 14.8. The molecule has 110 valence electrons. The zero-order valence-electron chi connectivity index (χ0n) is 10.8. The molecule has 0 aromatic heterocycles. The van der Waals surface area contributed by atoms with Crippen molar-refractivity contribution in [1.82, 2.24) is 4.72 Å². The van der Waals surface area contributed by atoms with Crippen molar-refractivity contribution in [2.24, 2.45) is 5.92 Å². The Morgan fingerprint density at radius 2 is 2.00 bits per heavy atom. The summed E-state index contributed by atoms with van der Waals surface area (Å²) in [5.74, 6) is -0.876. The molecule has 0 spiro atoms. The number of carboxylic acids is 1. The third-order valence-electron chi connectivity index (χ3n) is 3.52. The van der Waals surface area contributed by atoms with E-state index in [1.165, 1.54) is 12.1 Å². The second-order valence-corrected chi connectivity index (χ2v) is 7.12. The van der Waals surface area contributed by atoms with Crippen LogP contribution < -0.4 is 4.72 Å². The second kappa shape index (κ2) is 6.11. The number of halogens is 1. The number of nitrogens with one attached hydrogen (secondary N) is 1. The average molecular weight is 318 g/mol. The van der Waals surface area contributed by atoms with Crippen LogP contribution >= 0.6 is 11.6 Å². The van der Waals surface area contributed by atoms with Gasteiger partial charge in [-0.05, 0) is 37.0 Å². The van der Waals surface area contributed by atoms with E-state index < -0.39 is 16.0 Å². The van der Waals surface area contributed by atoms with Crippen LogP contribution in [0.25, 0.3) is 0 Å². The number of aromatic carboxylic acids is 1. The van der Waals surface area contributed by atoms with Crippen molar-refractivity contribution < 1.29 is 18.3 Å². The van der Waals surface area contributed by atoms with Gasteiger partial charge in [-0.15, -0.1) is 0 Å². The quantitative estimate of drug-likeness (QED) is 0.874. The van der Waals surface area contributed by atoms with Crippen molar-refractivity contribution in [2.45, 2.75) is 30.6 Å². The van der Waals surface area contributed by atoms with Crippen LogP contribution in [0.3, 0.4) is 0 Å². The second-order valence-electron chi connectivity index (χ2n) is 4.95. The molecule has 1 fully saturated rings. The van der Waals surface area contributed by atoms with Crippen molar-refractivity contribution in [3.05, 3.63) is 28.8 Å². The van der Waals surface area contributed by atoms with E-state index in [1.54, 1.807) is 0 Å². The summed E-state index contributed by atoms with van der Waals surface area (Å²) in [7, 11) is -3.69. The third kappa shape index (κ3) is 3.50. The minimum absolute atomic E-state index is 0.0206. The molecule has 1 aliphatic carbocycles. The maximum atomic E-state index is 12.1. The van der Waals surface area contributed by atoms with E-state index in [2.05, 4.69) is 4.72 Å². The maximum absolute atomic E-state index is 12.1. The van der Waals surface area contributed by atoms with Gasteiger partial charge >= 0.3 is 5.97 Å². The Hall–Kier alpha value is -1.11. The molecule has 5 nitrogen and oxygen atoms in total. The smallest absolute Gasteiger partial charge is 0.337 e. The highest BCUT2D eigenvalue weighted by atomic mass is 35.5. The fraction of sp³-hybridized carbons (Fsp3) is 0.462. The van der Waals surface area contributed by atoms with Gasteiger partial charge in [0.25, 0.3) is 0 Å². The van der Waals surface area contributed by atoms with Crippen LogP contribution in [0.5, 0.6) is 0 Å². The molecule has 20 heavy (non-hydrogen) atoms. The van der Waals surface area contributed by atoms with Gasteiger partial charge in [0.2, 0.25) is 10.0 Å². The van der Waals surface area contributed by atoms with Gasteiger partial charge in [0.15, 0.2) is 0 Å². The third-order valence-corrected chi connectivity index (χ3v) is 5.27. The SMILES string of the molecule is O=C(O)c1cc(S(=O)(=O)NCC2CCCC2)ccc1Cl. The molecule has 2 N–H and O–H groups in total. The summed E-state index contributed by atoms with van der Waals surface area (Å²) in [4.78, 5) is 10.9. The van der Waals surface area contributed by atoms with Crippen LogP contribution in [0.1, 0.15) is 36.0 Å². The van der Waals surface area contributed by atoms with E-state index in [1.807, 2.05) is 0 Å². The fourth-order valence-electron chi connectivity index (χ4n) is 2.36. The molecule has 0 saturated heterocycles. The highest BCUT2D eigenvalue weighted by molar-refractivity contribution is 7.89. The van der Waals surface area contributed by atoms with Crippen LogP contribution in [0.4, 0.5) is 0 Å². The van der Waals surface area contributed by atoms with E-state index in [9.17, 15) is 13.2 Å². The fourth-order valence-corrected chi connectivity index (χ4v) is 3.70. The summed E-state index contributed by atoms with van der Waals surface area (Å²) >= 11 is 5.73. The lowest BCUT2D eigenvalue weighted by molar-refractivity contribution is 0.0697. The van der Waals surface area contributed by atoms with Crippen LogP contribution in [0, 0.1) is 5.92 Å². The van der Waals surface area contributed by atoms with Gasteiger partial charge in [-0.2, -0.15) is 0 Å². The number of sulfonamides is 1. The van der Waals surface area contributed by atoms with Gasteiger partial charge < -0.3 is 5.11 Å².